The lowest BCUT2D eigenvalue weighted by molar-refractivity contribution is -0.141. The van der Waals surface area contributed by atoms with Crippen LogP contribution in [-0.4, -0.2) is 62.4 Å². The zero-order valence-corrected chi connectivity index (χ0v) is 14.3. The topological polar surface area (TPSA) is 110 Å². The molecule has 0 aromatic heterocycles. The number of carbonyl (C=O) groups excluding carboxylic acids is 1. The number of likely N-dealkylation sites (tertiary alicyclic amines) is 1. The average Bonchev–Trinajstić information content (AvgIpc) is 3.10. The van der Waals surface area contributed by atoms with Gasteiger partial charge >= 0.3 is 5.97 Å². The Balaban J connectivity index is 1.62. The van der Waals surface area contributed by atoms with Gasteiger partial charge in [0.2, 0.25) is 5.91 Å². The number of hydrogen-bond acceptors (Lipinski definition) is 6. The molecule has 8 nitrogen and oxygen atoms in total. The minimum absolute atomic E-state index is 0.0781. The Labute approximate surface area is 145 Å². The molecule has 1 aromatic rings. The van der Waals surface area contributed by atoms with Crippen molar-refractivity contribution in [1.82, 2.24) is 4.90 Å². The highest BCUT2D eigenvalue weighted by Crippen LogP contribution is 2.32. The van der Waals surface area contributed by atoms with Crippen molar-refractivity contribution in [2.24, 2.45) is 5.92 Å². The fraction of sp³-hybridized carbons (Fsp3) is 0.500. The van der Waals surface area contributed by atoms with Crippen LogP contribution in [0, 0.1) is 5.92 Å². The van der Waals surface area contributed by atoms with Crippen molar-refractivity contribution in [3.8, 4) is 11.5 Å². The molecule has 1 saturated heterocycles. The molecule has 9 heteroatoms. The second-order valence-corrected chi connectivity index (χ2v) is 8.15. The average molecular weight is 369 g/mol. The number of carboxylic acids is 1. The van der Waals surface area contributed by atoms with E-state index in [9.17, 15) is 18.0 Å². The van der Waals surface area contributed by atoms with Crippen LogP contribution in [0.15, 0.2) is 23.1 Å². The number of ether oxygens (including phenoxy) is 2. The maximum atomic E-state index is 12.4. The lowest BCUT2D eigenvalue weighted by Gasteiger charge is -2.19. The molecule has 1 fully saturated rings. The van der Waals surface area contributed by atoms with Gasteiger partial charge < -0.3 is 19.5 Å². The molecule has 1 N–H and O–H groups in total. The largest absolute Gasteiger partial charge is 0.486 e. The molecule has 3 rings (SSSR count). The molecule has 0 bridgehead atoms. The SMILES string of the molecule is O=C(O)C1CCN(C(=O)CCS(=O)(=O)c2ccc3c(c2)OCCO3)C1. The Morgan fingerprint density at radius 3 is 2.60 bits per heavy atom. The van der Waals surface area contributed by atoms with Crippen molar-refractivity contribution < 1.29 is 32.6 Å². The third-order valence-corrected chi connectivity index (χ3v) is 6.06. The molecule has 0 aliphatic carbocycles. The summed E-state index contributed by atoms with van der Waals surface area (Å²) in [7, 11) is -3.65. The summed E-state index contributed by atoms with van der Waals surface area (Å²) in [6.07, 6.45) is 0.221. The van der Waals surface area contributed by atoms with Gasteiger partial charge in [0.25, 0.3) is 0 Å². The lowest BCUT2D eigenvalue weighted by Crippen LogP contribution is -2.31. The first-order valence-corrected chi connectivity index (χ1v) is 9.65. The van der Waals surface area contributed by atoms with E-state index < -0.39 is 21.7 Å². The summed E-state index contributed by atoms with van der Waals surface area (Å²) in [6, 6.07) is 4.38. The monoisotopic (exact) mass is 369 g/mol. The molecule has 1 unspecified atom stereocenters. The van der Waals surface area contributed by atoms with Gasteiger partial charge in [0.05, 0.1) is 16.6 Å². The zero-order valence-electron chi connectivity index (χ0n) is 13.5. The third kappa shape index (κ3) is 3.87. The molecule has 2 aliphatic heterocycles. The quantitative estimate of drug-likeness (QED) is 0.807. The minimum atomic E-state index is -3.65. The number of aliphatic carboxylic acids is 1. The van der Waals surface area contributed by atoms with Crippen LogP contribution in [0.25, 0.3) is 0 Å². The van der Waals surface area contributed by atoms with Crippen molar-refractivity contribution in [1.29, 1.82) is 0 Å². The Morgan fingerprint density at radius 2 is 1.92 bits per heavy atom. The second-order valence-electron chi connectivity index (χ2n) is 6.04. The van der Waals surface area contributed by atoms with Crippen molar-refractivity contribution in [3.63, 3.8) is 0 Å². The molecular weight excluding hydrogens is 350 g/mol. The van der Waals surface area contributed by atoms with E-state index in [2.05, 4.69) is 0 Å². The summed E-state index contributed by atoms with van der Waals surface area (Å²) in [5.74, 6) is -1.30. The van der Waals surface area contributed by atoms with Crippen LogP contribution in [-0.2, 0) is 19.4 Å². The summed E-state index contributed by atoms with van der Waals surface area (Å²) in [5.41, 5.74) is 0. The molecule has 1 atom stereocenters. The molecule has 0 radical (unpaired) electrons. The van der Waals surface area contributed by atoms with Crippen molar-refractivity contribution >= 4 is 21.7 Å². The summed E-state index contributed by atoms with van der Waals surface area (Å²) < 4.78 is 35.6. The number of rotatable bonds is 5. The molecule has 1 aromatic carbocycles. The summed E-state index contributed by atoms with van der Waals surface area (Å²) in [4.78, 5) is 24.6. The Kier molecular flexibility index (Phi) is 4.85. The molecule has 1 amide bonds. The number of sulfone groups is 1. The van der Waals surface area contributed by atoms with Crippen LogP contribution in [0.2, 0.25) is 0 Å². The van der Waals surface area contributed by atoms with Gasteiger partial charge in [0.15, 0.2) is 21.3 Å². The van der Waals surface area contributed by atoms with Crippen LogP contribution in [0.5, 0.6) is 11.5 Å². The highest BCUT2D eigenvalue weighted by atomic mass is 32.2. The lowest BCUT2D eigenvalue weighted by atomic mass is 10.1. The summed E-state index contributed by atoms with van der Waals surface area (Å²) in [6.45, 7) is 1.26. The summed E-state index contributed by atoms with van der Waals surface area (Å²) in [5, 5.41) is 8.96. The van der Waals surface area contributed by atoms with E-state index in [4.69, 9.17) is 14.6 Å². The molecule has 2 heterocycles. The number of amides is 1. The van der Waals surface area contributed by atoms with Crippen LogP contribution >= 0.6 is 0 Å². The minimum Gasteiger partial charge on any atom is -0.486 e. The van der Waals surface area contributed by atoms with E-state index in [1.54, 1.807) is 6.07 Å². The number of benzene rings is 1. The number of hydrogen-bond donors (Lipinski definition) is 1. The van der Waals surface area contributed by atoms with E-state index in [1.807, 2.05) is 0 Å². The van der Waals surface area contributed by atoms with Crippen LogP contribution in [0.1, 0.15) is 12.8 Å². The predicted octanol–water partition coefficient (Wildman–Crippen LogP) is 0.555. The molecule has 25 heavy (non-hydrogen) atoms. The van der Waals surface area contributed by atoms with Gasteiger partial charge in [-0.2, -0.15) is 0 Å². The van der Waals surface area contributed by atoms with Gasteiger partial charge in [-0.25, -0.2) is 8.42 Å². The maximum Gasteiger partial charge on any atom is 0.308 e. The molecule has 136 valence electrons. The predicted molar refractivity (Wildman–Crippen MR) is 86.4 cm³/mol. The Hall–Kier alpha value is -2.29. The first-order valence-electron chi connectivity index (χ1n) is 8.00. The molecule has 2 aliphatic rings. The van der Waals surface area contributed by atoms with E-state index in [1.165, 1.54) is 17.0 Å². The first-order chi connectivity index (χ1) is 11.9. The number of carboxylic acid groups (broad SMARTS) is 1. The molecule has 0 saturated carbocycles. The fourth-order valence-electron chi connectivity index (χ4n) is 2.90. The highest BCUT2D eigenvalue weighted by molar-refractivity contribution is 7.91. The van der Waals surface area contributed by atoms with Gasteiger partial charge in [-0.15, -0.1) is 0 Å². The number of nitrogens with zero attached hydrogens (tertiary/aromatic N) is 1. The fourth-order valence-corrected chi connectivity index (χ4v) is 4.14. The van der Waals surface area contributed by atoms with Crippen molar-refractivity contribution in [2.75, 3.05) is 32.1 Å². The number of carbonyl (C=O) groups is 2. The highest BCUT2D eigenvalue weighted by Gasteiger charge is 2.31. The van der Waals surface area contributed by atoms with E-state index in [0.717, 1.165) is 0 Å². The summed E-state index contributed by atoms with van der Waals surface area (Å²) >= 11 is 0. The van der Waals surface area contributed by atoms with Gasteiger partial charge in [-0.1, -0.05) is 0 Å². The normalized spacial score (nSPS) is 19.7. The Morgan fingerprint density at radius 1 is 1.20 bits per heavy atom. The maximum absolute atomic E-state index is 12.4. The smallest absolute Gasteiger partial charge is 0.308 e. The van der Waals surface area contributed by atoms with E-state index >= 15 is 0 Å². The van der Waals surface area contributed by atoms with Crippen LogP contribution < -0.4 is 9.47 Å². The molecular formula is C16H19NO7S. The molecule has 0 spiro atoms. The zero-order chi connectivity index (χ0) is 18.0. The van der Waals surface area contributed by atoms with Gasteiger partial charge in [0, 0.05) is 25.6 Å². The number of fused-ring (bicyclic) bond motifs is 1. The van der Waals surface area contributed by atoms with Crippen molar-refractivity contribution in [3.05, 3.63) is 18.2 Å². The van der Waals surface area contributed by atoms with Crippen molar-refractivity contribution in [2.45, 2.75) is 17.7 Å². The van der Waals surface area contributed by atoms with Gasteiger partial charge in [-0.3, -0.25) is 9.59 Å². The Bertz CT molecular complexity index is 790. The van der Waals surface area contributed by atoms with E-state index in [-0.39, 0.29) is 29.5 Å². The van der Waals surface area contributed by atoms with E-state index in [0.29, 0.717) is 37.7 Å². The third-order valence-electron chi connectivity index (χ3n) is 4.35. The first kappa shape index (κ1) is 17.5. The standard InChI is InChI=1S/C16H19NO7S/c18-15(17-5-3-11(10-17)16(19)20)4-8-25(21,22)12-1-2-13-14(9-12)24-7-6-23-13/h1-2,9,11H,3-8,10H2,(H,19,20). The second kappa shape index (κ2) is 6.91. The van der Waals surface area contributed by atoms with Gasteiger partial charge in [0.1, 0.15) is 13.2 Å². The van der Waals surface area contributed by atoms with Crippen LogP contribution in [0.3, 0.4) is 0 Å². The van der Waals surface area contributed by atoms with Crippen LogP contribution in [0.4, 0.5) is 0 Å². The van der Waals surface area contributed by atoms with Gasteiger partial charge in [-0.05, 0) is 18.6 Å².